The van der Waals surface area contributed by atoms with E-state index in [1.54, 1.807) is 4.68 Å². The van der Waals surface area contributed by atoms with Crippen LogP contribution in [-0.2, 0) is 6.54 Å². The van der Waals surface area contributed by atoms with Crippen LogP contribution >= 0.6 is 0 Å². The maximum absolute atomic E-state index is 11.0. The second-order valence-corrected chi connectivity index (χ2v) is 4.66. The van der Waals surface area contributed by atoms with Crippen molar-refractivity contribution in [3.8, 4) is 11.3 Å². The second kappa shape index (κ2) is 4.77. The topological polar surface area (TPSA) is 34.9 Å². The first kappa shape index (κ1) is 12.6. The van der Waals surface area contributed by atoms with Gasteiger partial charge in [-0.05, 0) is 44.9 Å². The zero-order valence-corrected chi connectivity index (χ0v) is 11.3. The Kier molecular flexibility index (Phi) is 3.32. The molecule has 0 saturated carbocycles. The molecule has 0 amide bonds. The Morgan fingerprint density at radius 2 is 1.78 bits per heavy atom. The Bertz CT molecular complexity index is 574. The minimum Gasteiger partial charge on any atom is -0.296 e. The van der Waals surface area contributed by atoms with E-state index in [0.29, 0.717) is 12.2 Å². The number of carbonyl (C=O) groups is 1. The van der Waals surface area contributed by atoms with Gasteiger partial charge in [0, 0.05) is 12.1 Å². The van der Waals surface area contributed by atoms with Crippen LogP contribution in [0.2, 0.25) is 0 Å². The average molecular weight is 242 g/mol. The van der Waals surface area contributed by atoms with Crippen LogP contribution < -0.4 is 0 Å². The number of nitrogens with zero attached hydrogens (tertiary/aromatic N) is 2. The number of aryl methyl sites for hydroxylation is 4. The highest BCUT2D eigenvalue weighted by molar-refractivity contribution is 5.77. The van der Waals surface area contributed by atoms with Crippen molar-refractivity contribution in [1.29, 1.82) is 0 Å². The fourth-order valence-corrected chi connectivity index (χ4v) is 2.49. The Labute approximate surface area is 107 Å². The summed E-state index contributed by atoms with van der Waals surface area (Å²) in [6.45, 7) is 8.95. The van der Waals surface area contributed by atoms with E-state index in [4.69, 9.17) is 0 Å². The third-order valence-corrected chi connectivity index (χ3v) is 3.16. The zero-order valence-electron chi connectivity index (χ0n) is 11.3. The summed E-state index contributed by atoms with van der Waals surface area (Å²) in [5.74, 6) is 0. The van der Waals surface area contributed by atoms with E-state index < -0.39 is 0 Å². The molecule has 1 heterocycles. The van der Waals surface area contributed by atoms with Crippen LogP contribution in [0.15, 0.2) is 18.2 Å². The maximum Gasteiger partial charge on any atom is 0.168 e. The highest BCUT2D eigenvalue weighted by atomic mass is 16.1. The maximum atomic E-state index is 11.0. The smallest absolute Gasteiger partial charge is 0.168 e. The SMILES string of the molecule is CCn1nc(-c2c(C)cc(C)cc2C)cc1C=O. The fraction of sp³-hybridized carbons (Fsp3) is 0.333. The van der Waals surface area contributed by atoms with Crippen LogP contribution in [0.3, 0.4) is 0 Å². The quantitative estimate of drug-likeness (QED) is 0.774. The average Bonchev–Trinajstić information content (AvgIpc) is 2.70. The van der Waals surface area contributed by atoms with Gasteiger partial charge in [0.1, 0.15) is 5.69 Å². The third-order valence-electron chi connectivity index (χ3n) is 3.16. The molecule has 2 aromatic rings. The lowest BCUT2D eigenvalue weighted by Gasteiger charge is -2.08. The number of aromatic nitrogens is 2. The molecule has 94 valence electrons. The van der Waals surface area contributed by atoms with Gasteiger partial charge in [-0.1, -0.05) is 17.7 Å². The number of hydrogen-bond acceptors (Lipinski definition) is 2. The molecule has 0 atom stereocenters. The molecule has 1 aromatic carbocycles. The first-order valence-corrected chi connectivity index (χ1v) is 6.18. The van der Waals surface area contributed by atoms with E-state index in [2.05, 4.69) is 38.0 Å². The van der Waals surface area contributed by atoms with Crippen LogP contribution in [0.5, 0.6) is 0 Å². The predicted molar refractivity (Wildman–Crippen MR) is 72.9 cm³/mol. The van der Waals surface area contributed by atoms with Gasteiger partial charge < -0.3 is 0 Å². The van der Waals surface area contributed by atoms with E-state index >= 15 is 0 Å². The zero-order chi connectivity index (χ0) is 13.3. The highest BCUT2D eigenvalue weighted by Gasteiger charge is 2.12. The summed E-state index contributed by atoms with van der Waals surface area (Å²) in [7, 11) is 0. The Morgan fingerprint density at radius 3 is 2.22 bits per heavy atom. The van der Waals surface area contributed by atoms with Crippen molar-refractivity contribution in [2.75, 3.05) is 0 Å². The van der Waals surface area contributed by atoms with Gasteiger partial charge in [-0.25, -0.2) is 0 Å². The van der Waals surface area contributed by atoms with Gasteiger partial charge in [0.2, 0.25) is 0 Å². The minimum absolute atomic E-state index is 0.631. The molecular formula is C15H18N2O. The van der Waals surface area contributed by atoms with Crippen molar-refractivity contribution in [2.45, 2.75) is 34.2 Å². The van der Waals surface area contributed by atoms with Crippen molar-refractivity contribution in [3.63, 3.8) is 0 Å². The summed E-state index contributed by atoms with van der Waals surface area (Å²) in [6, 6.07) is 6.16. The molecule has 1 aromatic heterocycles. The van der Waals surface area contributed by atoms with Crippen LogP contribution in [-0.4, -0.2) is 16.1 Å². The van der Waals surface area contributed by atoms with Crippen LogP contribution in [0.25, 0.3) is 11.3 Å². The molecule has 0 unspecified atom stereocenters. The molecule has 0 saturated heterocycles. The van der Waals surface area contributed by atoms with Gasteiger partial charge in [0.25, 0.3) is 0 Å². The van der Waals surface area contributed by atoms with Gasteiger partial charge >= 0.3 is 0 Å². The number of rotatable bonds is 3. The van der Waals surface area contributed by atoms with Gasteiger partial charge in [-0.2, -0.15) is 5.10 Å². The monoisotopic (exact) mass is 242 g/mol. The minimum atomic E-state index is 0.631. The molecule has 0 aliphatic carbocycles. The van der Waals surface area contributed by atoms with Crippen molar-refractivity contribution in [3.05, 3.63) is 40.6 Å². The summed E-state index contributed by atoms with van der Waals surface area (Å²) < 4.78 is 1.74. The Morgan fingerprint density at radius 1 is 1.17 bits per heavy atom. The van der Waals surface area contributed by atoms with Crippen LogP contribution in [0.1, 0.15) is 34.1 Å². The van der Waals surface area contributed by atoms with E-state index in [1.807, 2.05) is 13.0 Å². The predicted octanol–water partition coefficient (Wildman–Crippen LogP) is 3.31. The van der Waals surface area contributed by atoms with Gasteiger partial charge in [0.15, 0.2) is 6.29 Å². The van der Waals surface area contributed by atoms with Gasteiger partial charge in [-0.15, -0.1) is 0 Å². The summed E-state index contributed by atoms with van der Waals surface area (Å²) in [4.78, 5) is 11.0. The summed E-state index contributed by atoms with van der Waals surface area (Å²) in [6.07, 6.45) is 0.860. The van der Waals surface area contributed by atoms with Gasteiger partial charge in [-0.3, -0.25) is 9.48 Å². The molecule has 3 nitrogen and oxygen atoms in total. The lowest BCUT2D eigenvalue weighted by atomic mass is 9.97. The van der Waals surface area contributed by atoms with Crippen LogP contribution in [0.4, 0.5) is 0 Å². The molecular weight excluding hydrogens is 224 g/mol. The summed E-state index contributed by atoms with van der Waals surface area (Å²) in [5, 5.41) is 4.51. The standard InChI is InChI=1S/C15H18N2O/c1-5-17-13(9-18)8-14(16-17)15-11(3)6-10(2)7-12(15)4/h6-9H,5H2,1-4H3. The van der Waals surface area contributed by atoms with Crippen molar-refractivity contribution in [1.82, 2.24) is 9.78 Å². The van der Waals surface area contributed by atoms with E-state index in [9.17, 15) is 4.79 Å². The number of hydrogen-bond donors (Lipinski definition) is 0. The summed E-state index contributed by atoms with van der Waals surface area (Å²) >= 11 is 0. The molecule has 0 spiro atoms. The third kappa shape index (κ3) is 2.08. The van der Waals surface area contributed by atoms with Gasteiger partial charge in [0.05, 0.1) is 5.69 Å². The number of carbonyl (C=O) groups excluding carboxylic acids is 1. The van der Waals surface area contributed by atoms with Crippen LogP contribution in [0, 0.1) is 20.8 Å². The van der Waals surface area contributed by atoms with E-state index in [1.165, 1.54) is 16.7 Å². The highest BCUT2D eigenvalue weighted by Crippen LogP contribution is 2.27. The first-order valence-electron chi connectivity index (χ1n) is 6.18. The number of benzene rings is 1. The molecule has 18 heavy (non-hydrogen) atoms. The largest absolute Gasteiger partial charge is 0.296 e. The lowest BCUT2D eigenvalue weighted by molar-refractivity contribution is 0.111. The van der Waals surface area contributed by atoms with E-state index in [-0.39, 0.29) is 0 Å². The van der Waals surface area contributed by atoms with Crippen molar-refractivity contribution >= 4 is 6.29 Å². The first-order chi connectivity index (χ1) is 8.56. The Hall–Kier alpha value is -1.90. The molecule has 0 bridgehead atoms. The normalized spacial score (nSPS) is 10.7. The molecule has 2 rings (SSSR count). The molecule has 0 fully saturated rings. The second-order valence-electron chi connectivity index (χ2n) is 4.66. The lowest BCUT2D eigenvalue weighted by Crippen LogP contribution is -2.01. The molecule has 0 aliphatic heterocycles. The fourth-order valence-electron chi connectivity index (χ4n) is 2.49. The Balaban J connectivity index is 2.62. The summed E-state index contributed by atoms with van der Waals surface area (Å²) in [5.41, 5.74) is 6.30. The molecule has 0 aliphatic rings. The molecule has 3 heteroatoms. The number of aldehydes is 1. The molecule has 0 N–H and O–H groups in total. The van der Waals surface area contributed by atoms with Crippen molar-refractivity contribution < 1.29 is 4.79 Å². The van der Waals surface area contributed by atoms with E-state index in [0.717, 1.165) is 17.5 Å². The molecule has 0 radical (unpaired) electrons. The van der Waals surface area contributed by atoms with Crippen molar-refractivity contribution in [2.24, 2.45) is 0 Å².